The summed E-state index contributed by atoms with van der Waals surface area (Å²) >= 11 is 0. The Hall–Kier alpha value is -1.55. The van der Waals surface area contributed by atoms with Crippen molar-refractivity contribution in [1.82, 2.24) is 0 Å². The van der Waals surface area contributed by atoms with Crippen LogP contribution in [0.4, 0.5) is 0 Å². The maximum Gasteiger partial charge on any atom is 0.163 e. The van der Waals surface area contributed by atoms with Gasteiger partial charge in [0.1, 0.15) is 13.2 Å². The quantitative estimate of drug-likeness (QED) is 0.808. The average Bonchev–Trinajstić information content (AvgIpc) is 2.35. The molecule has 2 rings (SSSR count). The Morgan fingerprint density at radius 3 is 2.76 bits per heavy atom. The molecule has 1 atom stereocenters. The van der Waals surface area contributed by atoms with Gasteiger partial charge in [-0.25, -0.2) is 0 Å². The summed E-state index contributed by atoms with van der Waals surface area (Å²) in [5, 5.41) is 0. The third-order valence-electron chi connectivity index (χ3n) is 2.69. The second-order valence-corrected chi connectivity index (χ2v) is 4.30. The van der Waals surface area contributed by atoms with Crippen LogP contribution in [0.3, 0.4) is 0 Å². The maximum absolute atomic E-state index is 11.9. The lowest BCUT2D eigenvalue weighted by atomic mass is 10.0. The number of rotatable bonds is 4. The summed E-state index contributed by atoms with van der Waals surface area (Å²) in [6, 6.07) is 5.36. The molecule has 1 heterocycles. The highest BCUT2D eigenvalue weighted by atomic mass is 16.6. The summed E-state index contributed by atoms with van der Waals surface area (Å²) < 4.78 is 10.8. The fourth-order valence-electron chi connectivity index (χ4n) is 1.72. The lowest BCUT2D eigenvalue weighted by Gasteiger charge is -2.18. The number of carbonyl (C=O) groups is 1. The lowest BCUT2D eigenvalue weighted by Crippen LogP contribution is -2.17. The van der Waals surface area contributed by atoms with Crippen molar-refractivity contribution < 1.29 is 14.3 Å². The normalized spacial score (nSPS) is 15.4. The van der Waals surface area contributed by atoms with Gasteiger partial charge in [0.05, 0.1) is 0 Å². The molecule has 0 saturated carbocycles. The molecular weight excluding hydrogens is 218 g/mol. The van der Waals surface area contributed by atoms with Crippen LogP contribution in [0.5, 0.6) is 11.5 Å². The summed E-state index contributed by atoms with van der Waals surface area (Å²) in [6.07, 6.45) is 1.17. The van der Waals surface area contributed by atoms with E-state index in [-0.39, 0.29) is 11.8 Å². The van der Waals surface area contributed by atoms with Gasteiger partial charge >= 0.3 is 0 Å². The third-order valence-corrected chi connectivity index (χ3v) is 2.69. The van der Waals surface area contributed by atoms with Crippen LogP contribution in [-0.2, 0) is 0 Å². The first-order valence-electron chi connectivity index (χ1n) is 5.85. The van der Waals surface area contributed by atoms with Gasteiger partial charge in [-0.2, -0.15) is 0 Å². The number of carbonyl (C=O) groups excluding carboxylic acids is 1. The molecule has 1 aliphatic heterocycles. The number of hydrogen-bond donors (Lipinski definition) is 1. The topological polar surface area (TPSA) is 61.6 Å². The number of ether oxygens (including phenoxy) is 2. The molecular formula is C13H17NO3. The van der Waals surface area contributed by atoms with Crippen LogP contribution in [-0.4, -0.2) is 25.0 Å². The van der Waals surface area contributed by atoms with E-state index in [0.29, 0.717) is 43.1 Å². The molecule has 0 amide bonds. The average molecular weight is 235 g/mol. The number of ketones is 1. The van der Waals surface area contributed by atoms with E-state index in [9.17, 15) is 4.79 Å². The minimum atomic E-state index is 0.0520. The van der Waals surface area contributed by atoms with Crippen molar-refractivity contribution in [3.8, 4) is 11.5 Å². The molecule has 0 spiro atoms. The Bertz CT molecular complexity index is 415. The van der Waals surface area contributed by atoms with Crippen molar-refractivity contribution in [2.75, 3.05) is 13.2 Å². The van der Waals surface area contributed by atoms with Crippen LogP contribution in [0.15, 0.2) is 18.2 Å². The lowest BCUT2D eigenvalue weighted by molar-refractivity contribution is 0.0976. The molecule has 1 aromatic carbocycles. The van der Waals surface area contributed by atoms with Crippen LogP contribution in [0.25, 0.3) is 0 Å². The summed E-state index contributed by atoms with van der Waals surface area (Å²) in [6.45, 7) is 2.99. The summed E-state index contributed by atoms with van der Waals surface area (Å²) in [4.78, 5) is 11.9. The van der Waals surface area contributed by atoms with Crippen LogP contribution >= 0.6 is 0 Å². The van der Waals surface area contributed by atoms with Crippen molar-refractivity contribution >= 4 is 5.78 Å². The van der Waals surface area contributed by atoms with Crippen LogP contribution in [0.2, 0.25) is 0 Å². The number of fused-ring (bicyclic) bond motifs is 1. The number of Topliss-reactive ketones (excluding diaryl/α,β-unsaturated/α-hetero) is 1. The first-order valence-corrected chi connectivity index (χ1v) is 5.85. The molecule has 0 bridgehead atoms. The van der Waals surface area contributed by atoms with Gasteiger partial charge in [0.15, 0.2) is 17.3 Å². The van der Waals surface area contributed by atoms with E-state index in [1.165, 1.54) is 0 Å². The molecule has 0 saturated heterocycles. The maximum atomic E-state index is 11.9. The summed E-state index contributed by atoms with van der Waals surface area (Å²) in [5.41, 5.74) is 6.29. The summed E-state index contributed by atoms with van der Waals surface area (Å²) in [5.74, 6) is 1.46. The first kappa shape index (κ1) is 11.9. The second kappa shape index (κ2) is 5.19. The van der Waals surface area contributed by atoms with Crippen molar-refractivity contribution in [2.24, 2.45) is 5.73 Å². The Morgan fingerprint density at radius 2 is 2.06 bits per heavy atom. The van der Waals surface area contributed by atoms with Gasteiger partial charge in [0.2, 0.25) is 0 Å². The van der Waals surface area contributed by atoms with E-state index < -0.39 is 0 Å². The van der Waals surface area contributed by atoms with E-state index in [0.717, 1.165) is 0 Å². The Balaban J connectivity index is 2.08. The van der Waals surface area contributed by atoms with E-state index >= 15 is 0 Å². The number of benzene rings is 1. The second-order valence-electron chi connectivity index (χ2n) is 4.30. The standard InChI is InChI=1S/C13H17NO3/c1-9(14)2-4-11(15)10-3-5-12-13(8-10)17-7-6-16-12/h3,5,8-9H,2,4,6-7,14H2,1H3. The molecule has 1 aliphatic rings. The highest BCUT2D eigenvalue weighted by molar-refractivity contribution is 5.96. The van der Waals surface area contributed by atoms with Gasteiger partial charge < -0.3 is 15.2 Å². The van der Waals surface area contributed by atoms with Crippen LogP contribution < -0.4 is 15.2 Å². The van der Waals surface area contributed by atoms with Crippen molar-refractivity contribution in [1.29, 1.82) is 0 Å². The smallest absolute Gasteiger partial charge is 0.163 e. The first-order chi connectivity index (χ1) is 8.16. The van der Waals surface area contributed by atoms with Gasteiger partial charge in [0.25, 0.3) is 0 Å². The van der Waals surface area contributed by atoms with E-state index in [2.05, 4.69) is 0 Å². The number of hydrogen-bond acceptors (Lipinski definition) is 4. The SMILES string of the molecule is CC(N)CCC(=O)c1ccc2c(c1)OCCO2. The zero-order valence-electron chi connectivity index (χ0n) is 9.94. The van der Waals surface area contributed by atoms with Gasteiger partial charge in [-0.3, -0.25) is 4.79 Å². The van der Waals surface area contributed by atoms with Gasteiger partial charge in [-0.1, -0.05) is 0 Å². The van der Waals surface area contributed by atoms with Crippen molar-refractivity contribution in [3.63, 3.8) is 0 Å². The summed E-state index contributed by atoms with van der Waals surface area (Å²) in [7, 11) is 0. The Morgan fingerprint density at radius 1 is 1.35 bits per heavy atom. The van der Waals surface area contributed by atoms with Crippen LogP contribution in [0, 0.1) is 0 Å². The Kier molecular flexibility index (Phi) is 3.64. The molecule has 0 fully saturated rings. The van der Waals surface area contributed by atoms with Gasteiger partial charge in [-0.05, 0) is 31.5 Å². The van der Waals surface area contributed by atoms with Gasteiger partial charge in [-0.15, -0.1) is 0 Å². The predicted octanol–water partition coefficient (Wildman–Crippen LogP) is 1.77. The molecule has 17 heavy (non-hydrogen) atoms. The molecule has 1 aromatic rings. The van der Waals surface area contributed by atoms with Crippen molar-refractivity contribution in [2.45, 2.75) is 25.8 Å². The fourth-order valence-corrected chi connectivity index (χ4v) is 1.72. The number of nitrogens with two attached hydrogens (primary N) is 1. The molecule has 92 valence electrons. The molecule has 0 aromatic heterocycles. The minimum Gasteiger partial charge on any atom is -0.486 e. The molecule has 4 nitrogen and oxygen atoms in total. The monoisotopic (exact) mass is 235 g/mol. The van der Waals surface area contributed by atoms with E-state index in [1.54, 1.807) is 18.2 Å². The Labute approximate surface area is 101 Å². The zero-order valence-corrected chi connectivity index (χ0v) is 9.94. The zero-order chi connectivity index (χ0) is 12.3. The predicted molar refractivity (Wildman–Crippen MR) is 64.6 cm³/mol. The minimum absolute atomic E-state index is 0.0520. The molecule has 2 N–H and O–H groups in total. The molecule has 0 radical (unpaired) electrons. The third kappa shape index (κ3) is 2.97. The van der Waals surface area contributed by atoms with Gasteiger partial charge in [0, 0.05) is 18.0 Å². The molecule has 0 aliphatic carbocycles. The highest BCUT2D eigenvalue weighted by Gasteiger charge is 2.14. The van der Waals surface area contributed by atoms with Crippen molar-refractivity contribution in [3.05, 3.63) is 23.8 Å². The molecule has 1 unspecified atom stereocenters. The van der Waals surface area contributed by atoms with E-state index in [1.807, 2.05) is 6.92 Å². The molecule has 4 heteroatoms. The van der Waals surface area contributed by atoms with E-state index in [4.69, 9.17) is 15.2 Å². The van der Waals surface area contributed by atoms with Crippen LogP contribution in [0.1, 0.15) is 30.1 Å². The highest BCUT2D eigenvalue weighted by Crippen LogP contribution is 2.31. The largest absolute Gasteiger partial charge is 0.486 e. The fraction of sp³-hybridized carbons (Fsp3) is 0.462.